The molecule has 0 radical (unpaired) electrons. The Morgan fingerprint density at radius 3 is 2.29 bits per heavy atom. The Hall–Kier alpha value is -0.770. The molecule has 21 heavy (non-hydrogen) atoms. The molecule has 1 amide bonds. The molecule has 2 heterocycles. The lowest BCUT2D eigenvalue weighted by atomic mass is 10.1. The third-order valence-corrected chi connectivity index (χ3v) is 3.52. The Balaban J connectivity index is 1.99. The molecule has 4 atom stereocenters. The molecule has 2 rings (SSSR count). The second-order valence-electron chi connectivity index (χ2n) is 5.10. The zero-order valence-corrected chi connectivity index (χ0v) is 11.9. The minimum absolute atomic E-state index is 0.165. The Bertz CT molecular complexity index is 316. The van der Waals surface area contributed by atoms with Gasteiger partial charge in [0, 0.05) is 32.7 Å². The maximum absolute atomic E-state index is 11.8. The molecule has 3 N–H and O–H groups in total. The van der Waals surface area contributed by atoms with E-state index in [4.69, 9.17) is 24.2 Å². The zero-order valence-electron chi connectivity index (χ0n) is 11.9. The second-order valence-corrected chi connectivity index (χ2v) is 5.10. The van der Waals surface area contributed by atoms with Crippen molar-refractivity contribution in [1.29, 1.82) is 0 Å². The standard InChI is InChI=1S/C13H23NO7/c15-6-5-9(20-10-3-1-7-18-10)12(13(16)14-17)21-11-4-2-8-19-11/h9-12,15,17H,1-8H2,(H,14,16)/t9-,10?,11?,12-/m1/s1. The number of carbonyl (C=O) groups is 1. The van der Waals surface area contributed by atoms with Crippen LogP contribution in [0.3, 0.4) is 0 Å². The van der Waals surface area contributed by atoms with Crippen LogP contribution in [-0.2, 0) is 23.7 Å². The molecule has 0 bridgehead atoms. The van der Waals surface area contributed by atoms with Crippen LogP contribution in [0, 0.1) is 0 Å². The van der Waals surface area contributed by atoms with Crippen LogP contribution in [0.4, 0.5) is 0 Å². The predicted molar refractivity (Wildman–Crippen MR) is 69.3 cm³/mol. The molecule has 8 heteroatoms. The first kappa shape index (κ1) is 16.6. The number of nitrogens with one attached hydrogen (secondary N) is 1. The fourth-order valence-corrected chi connectivity index (χ4v) is 2.47. The number of aliphatic hydroxyl groups is 1. The normalized spacial score (nSPS) is 28.5. The minimum Gasteiger partial charge on any atom is -0.396 e. The Labute approximate surface area is 123 Å². The molecule has 0 spiro atoms. The van der Waals surface area contributed by atoms with Gasteiger partial charge in [-0.15, -0.1) is 0 Å². The Morgan fingerprint density at radius 1 is 1.19 bits per heavy atom. The first-order valence-corrected chi connectivity index (χ1v) is 7.33. The molecule has 2 fully saturated rings. The number of rotatable bonds is 8. The lowest BCUT2D eigenvalue weighted by molar-refractivity contribution is -0.220. The molecule has 2 aliphatic rings. The fourth-order valence-electron chi connectivity index (χ4n) is 2.47. The largest absolute Gasteiger partial charge is 0.396 e. The number of carbonyl (C=O) groups excluding carboxylic acids is 1. The van der Waals surface area contributed by atoms with Crippen molar-refractivity contribution in [2.24, 2.45) is 0 Å². The van der Waals surface area contributed by atoms with Gasteiger partial charge in [-0.25, -0.2) is 5.48 Å². The van der Waals surface area contributed by atoms with Crippen molar-refractivity contribution in [3.63, 3.8) is 0 Å². The quantitative estimate of drug-likeness (QED) is 0.425. The SMILES string of the molecule is O=C(NO)[C@H](OC1CCCO1)[C@@H](CCO)OC1CCCO1. The number of hydrogen-bond donors (Lipinski definition) is 3. The van der Waals surface area contributed by atoms with Crippen molar-refractivity contribution < 1.29 is 34.1 Å². The Morgan fingerprint density at radius 2 is 1.81 bits per heavy atom. The highest BCUT2D eigenvalue weighted by Crippen LogP contribution is 2.22. The molecular formula is C13H23NO7. The van der Waals surface area contributed by atoms with E-state index in [1.165, 1.54) is 0 Å². The maximum Gasteiger partial charge on any atom is 0.275 e. The van der Waals surface area contributed by atoms with Gasteiger partial charge in [0.2, 0.25) is 0 Å². The van der Waals surface area contributed by atoms with Gasteiger partial charge < -0.3 is 24.1 Å². The Kier molecular flexibility index (Phi) is 6.81. The van der Waals surface area contributed by atoms with Crippen molar-refractivity contribution in [3.8, 4) is 0 Å². The average molecular weight is 305 g/mol. The van der Waals surface area contributed by atoms with E-state index in [1.807, 2.05) is 0 Å². The van der Waals surface area contributed by atoms with Crippen LogP contribution in [0.1, 0.15) is 32.1 Å². The number of amides is 1. The molecule has 0 aliphatic carbocycles. The molecule has 0 aromatic carbocycles. The summed E-state index contributed by atoms with van der Waals surface area (Å²) in [5, 5.41) is 18.1. The van der Waals surface area contributed by atoms with Crippen LogP contribution in [0.15, 0.2) is 0 Å². The molecule has 122 valence electrons. The molecule has 0 aromatic rings. The van der Waals surface area contributed by atoms with Crippen LogP contribution in [0.25, 0.3) is 0 Å². The monoisotopic (exact) mass is 305 g/mol. The van der Waals surface area contributed by atoms with Gasteiger partial charge in [-0.3, -0.25) is 10.0 Å². The lowest BCUT2D eigenvalue weighted by Gasteiger charge is -2.29. The van der Waals surface area contributed by atoms with Crippen molar-refractivity contribution in [2.75, 3.05) is 19.8 Å². The maximum atomic E-state index is 11.8. The summed E-state index contributed by atoms with van der Waals surface area (Å²) in [7, 11) is 0. The van der Waals surface area contributed by atoms with Gasteiger partial charge in [0.05, 0.1) is 6.10 Å². The van der Waals surface area contributed by atoms with Gasteiger partial charge in [0.1, 0.15) is 0 Å². The van der Waals surface area contributed by atoms with Crippen LogP contribution in [0.2, 0.25) is 0 Å². The molecule has 2 saturated heterocycles. The first-order chi connectivity index (χ1) is 10.2. The second kappa shape index (κ2) is 8.62. The molecule has 0 aromatic heterocycles. The van der Waals surface area contributed by atoms with E-state index >= 15 is 0 Å². The number of hydroxylamine groups is 1. The highest BCUT2D eigenvalue weighted by Gasteiger charge is 2.36. The van der Waals surface area contributed by atoms with Crippen LogP contribution < -0.4 is 5.48 Å². The third-order valence-electron chi connectivity index (χ3n) is 3.52. The third kappa shape index (κ3) is 4.87. The van der Waals surface area contributed by atoms with Crippen molar-refractivity contribution in [2.45, 2.75) is 56.9 Å². The van der Waals surface area contributed by atoms with E-state index in [0.717, 1.165) is 19.3 Å². The van der Waals surface area contributed by atoms with Gasteiger partial charge in [0.25, 0.3) is 5.91 Å². The van der Waals surface area contributed by atoms with Crippen molar-refractivity contribution in [3.05, 3.63) is 0 Å². The molecule has 2 aliphatic heterocycles. The van der Waals surface area contributed by atoms with Gasteiger partial charge in [-0.05, 0) is 19.3 Å². The summed E-state index contributed by atoms with van der Waals surface area (Å²) < 4.78 is 22.0. The fraction of sp³-hybridized carbons (Fsp3) is 0.923. The van der Waals surface area contributed by atoms with E-state index < -0.39 is 30.7 Å². The average Bonchev–Trinajstić information content (AvgIpc) is 3.17. The summed E-state index contributed by atoms with van der Waals surface area (Å²) in [6.45, 7) is 1.02. The highest BCUT2D eigenvalue weighted by atomic mass is 16.7. The summed E-state index contributed by atoms with van der Waals surface area (Å²) in [5.41, 5.74) is 1.58. The van der Waals surface area contributed by atoms with Gasteiger partial charge >= 0.3 is 0 Å². The van der Waals surface area contributed by atoms with Crippen molar-refractivity contribution >= 4 is 5.91 Å². The molecule has 8 nitrogen and oxygen atoms in total. The summed E-state index contributed by atoms with van der Waals surface area (Å²) >= 11 is 0. The van der Waals surface area contributed by atoms with Crippen LogP contribution in [0.5, 0.6) is 0 Å². The van der Waals surface area contributed by atoms with E-state index in [9.17, 15) is 9.90 Å². The van der Waals surface area contributed by atoms with Crippen LogP contribution >= 0.6 is 0 Å². The van der Waals surface area contributed by atoms with E-state index in [0.29, 0.717) is 19.6 Å². The smallest absolute Gasteiger partial charge is 0.275 e. The molecular weight excluding hydrogens is 282 g/mol. The number of hydrogen-bond acceptors (Lipinski definition) is 7. The predicted octanol–water partition coefficient (Wildman–Crippen LogP) is -0.0824. The van der Waals surface area contributed by atoms with Gasteiger partial charge in [-0.1, -0.05) is 0 Å². The summed E-state index contributed by atoms with van der Waals surface area (Å²) in [6, 6.07) is 0. The number of ether oxygens (including phenoxy) is 4. The van der Waals surface area contributed by atoms with E-state index in [-0.39, 0.29) is 13.0 Å². The van der Waals surface area contributed by atoms with Gasteiger partial charge in [0.15, 0.2) is 18.7 Å². The lowest BCUT2D eigenvalue weighted by Crippen LogP contribution is -2.47. The highest BCUT2D eigenvalue weighted by molar-refractivity contribution is 5.80. The first-order valence-electron chi connectivity index (χ1n) is 7.33. The summed E-state index contributed by atoms with van der Waals surface area (Å²) in [6.07, 6.45) is 0.671. The summed E-state index contributed by atoms with van der Waals surface area (Å²) in [5.74, 6) is -0.720. The van der Waals surface area contributed by atoms with E-state index in [2.05, 4.69) is 0 Å². The minimum atomic E-state index is -1.06. The topological polar surface area (TPSA) is 106 Å². The van der Waals surface area contributed by atoms with Crippen LogP contribution in [-0.4, -0.2) is 60.8 Å². The van der Waals surface area contributed by atoms with Crippen molar-refractivity contribution in [1.82, 2.24) is 5.48 Å². The van der Waals surface area contributed by atoms with Gasteiger partial charge in [-0.2, -0.15) is 0 Å². The summed E-state index contributed by atoms with van der Waals surface area (Å²) in [4.78, 5) is 11.8. The number of aliphatic hydroxyl groups excluding tert-OH is 1. The zero-order chi connectivity index (χ0) is 15.1. The molecule has 2 unspecified atom stereocenters. The van der Waals surface area contributed by atoms with E-state index in [1.54, 1.807) is 5.48 Å². The molecule has 0 saturated carbocycles.